The fraction of sp³-hybridized carbons (Fsp3) is 0. The molecule has 0 bridgehead atoms. The van der Waals surface area contributed by atoms with E-state index < -0.39 is 35.8 Å². The number of rotatable bonds is 0. The van der Waals surface area contributed by atoms with Crippen LogP contribution < -0.4 is 0 Å². The summed E-state index contributed by atoms with van der Waals surface area (Å²) >= 11 is 0. The van der Waals surface area contributed by atoms with Crippen LogP contribution in [0.25, 0.3) is 0 Å². The molecule has 76 valence electrons. The molecule has 0 atom stereocenters. The van der Waals surface area contributed by atoms with Crippen molar-refractivity contribution < 1.29 is 24.9 Å². The van der Waals surface area contributed by atoms with Gasteiger partial charge < -0.3 is 0 Å². The van der Waals surface area contributed by atoms with Gasteiger partial charge in [0.1, 0.15) is 10.7 Å². The highest BCUT2D eigenvalue weighted by atomic mass is 32.3. The van der Waals surface area contributed by atoms with E-state index in [9.17, 15) is 21.2 Å². The van der Waals surface area contributed by atoms with Crippen LogP contribution in [0.4, 0.5) is 4.39 Å². The van der Waals surface area contributed by atoms with Gasteiger partial charge in [-0.2, -0.15) is 16.8 Å². The molecule has 1 aromatic carbocycles. The van der Waals surface area contributed by atoms with E-state index in [-0.39, 0.29) is 0 Å². The molecule has 0 radical (unpaired) electrons. The minimum Gasteiger partial charge on any atom is -0.205 e. The fourth-order valence-corrected chi connectivity index (χ4v) is 4.43. The lowest BCUT2D eigenvalue weighted by Crippen LogP contribution is -2.01. The molecule has 0 unspecified atom stereocenters. The van der Waals surface area contributed by atoms with Crippen LogP contribution in [-0.4, -0.2) is 16.8 Å². The van der Waals surface area contributed by atoms with Gasteiger partial charge in [-0.15, -0.1) is 3.63 Å². The Morgan fingerprint density at radius 3 is 2.29 bits per heavy atom. The van der Waals surface area contributed by atoms with Crippen molar-refractivity contribution in [3.05, 3.63) is 24.0 Å². The molecular formula is C6H3FO5S2. The Labute approximate surface area is 79.4 Å². The molecule has 0 fully saturated rings. The van der Waals surface area contributed by atoms with Gasteiger partial charge in [0.25, 0.3) is 0 Å². The smallest absolute Gasteiger partial charge is 0.205 e. The highest BCUT2D eigenvalue weighted by Crippen LogP contribution is 2.34. The normalized spacial score (nSPS) is 21.8. The maximum atomic E-state index is 13.0. The van der Waals surface area contributed by atoms with Crippen molar-refractivity contribution in [2.24, 2.45) is 0 Å². The molecule has 14 heavy (non-hydrogen) atoms. The van der Waals surface area contributed by atoms with Gasteiger partial charge in [-0.05, 0) is 12.1 Å². The van der Waals surface area contributed by atoms with E-state index in [0.29, 0.717) is 0 Å². The molecule has 0 N–H and O–H groups in total. The third kappa shape index (κ3) is 1.15. The van der Waals surface area contributed by atoms with Crippen LogP contribution in [0.3, 0.4) is 0 Å². The first-order chi connectivity index (χ1) is 6.34. The van der Waals surface area contributed by atoms with Crippen molar-refractivity contribution in [3.8, 4) is 0 Å². The van der Waals surface area contributed by atoms with Crippen LogP contribution in [0.5, 0.6) is 0 Å². The first-order valence-corrected chi connectivity index (χ1v) is 6.16. The molecule has 0 spiro atoms. The zero-order valence-corrected chi connectivity index (χ0v) is 8.10. The molecule has 0 amide bonds. The Balaban J connectivity index is 3.01. The molecule has 1 aromatic rings. The number of hydrogen-bond donors (Lipinski definition) is 0. The molecule has 8 heteroatoms. The first-order valence-electron chi connectivity index (χ1n) is 3.34. The van der Waals surface area contributed by atoms with Gasteiger partial charge in [-0.25, -0.2) is 4.39 Å². The largest absolute Gasteiger partial charge is 0.316 e. The lowest BCUT2D eigenvalue weighted by atomic mass is 10.3. The number of fused-ring (bicyclic) bond motifs is 1. The third-order valence-corrected chi connectivity index (χ3v) is 4.99. The maximum absolute atomic E-state index is 13.0. The zero-order valence-electron chi connectivity index (χ0n) is 6.47. The summed E-state index contributed by atoms with van der Waals surface area (Å²) < 4.78 is 61.0. The Bertz CT molecular complexity index is 601. The summed E-state index contributed by atoms with van der Waals surface area (Å²) in [4.78, 5) is -1.57. The van der Waals surface area contributed by atoms with Crippen LogP contribution >= 0.6 is 0 Å². The Kier molecular flexibility index (Phi) is 1.72. The van der Waals surface area contributed by atoms with Crippen molar-refractivity contribution in [1.82, 2.24) is 0 Å². The van der Waals surface area contributed by atoms with Gasteiger partial charge in [0.2, 0.25) is 0 Å². The second-order valence-electron chi connectivity index (χ2n) is 2.54. The summed E-state index contributed by atoms with van der Waals surface area (Å²) in [5.74, 6) is -1.14. The van der Waals surface area contributed by atoms with Crippen molar-refractivity contribution >= 4 is 20.2 Å². The van der Waals surface area contributed by atoms with Crippen LogP contribution in [-0.2, 0) is 23.9 Å². The van der Waals surface area contributed by atoms with Gasteiger partial charge in [-0.1, -0.05) is 6.07 Å². The van der Waals surface area contributed by atoms with Crippen LogP contribution in [0.2, 0.25) is 0 Å². The average Bonchev–Trinajstić information content (AvgIpc) is 2.18. The minimum atomic E-state index is -4.51. The molecule has 0 aromatic heterocycles. The predicted molar refractivity (Wildman–Crippen MR) is 41.9 cm³/mol. The molecule has 0 aliphatic carbocycles. The summed E-state index contributed by atoms with van der Waals surface area (Å²) in [5, 5.41) is 0. The summed E-state index contributed by atoms with van der Waals surface area (Å²) in [6.07, 6.45) is 0. The van der Waals surface area contributed by atoms with Crippen molar-refractivity contribution in [2.45, 2.75) is 9.79 Å². The first kappa shape index (κ1) is 9.56. The Morgan fingerprint density at radius 1 is 1.07 bits per heavy atom. The maximum Gasteiger partial charge on any atom is 0.316 e. The summed E-state index contributed by atoms with van der Waals surface area (Å²) in [7, 11) is -8.87. The molecule has 1 heterocycles. The predicted octanol–water partition coefficient (Wildman–Crippen LogP) is 0.233. The van der Waals surface area contributed by atoms with Gasteiger partial charge in [0.15, 0.2) is 4.90 Å². The average molecular weight is 238 g/mol. The zero-order chi connectivity index (χ0) is 10.6. The lowest BCUT2D eigenvalue weighted by Gasteiger charge is -1.93. The summed E-state index contributed by atoms with van der Waals surface area (Å²) in [6.45, 7) is 0. The van der Waals surface area contributed by atoms with Gasteiger partial charge >= 0.3 is 20.2 Å². The van der Waals surface area contributed by atoms with Gasteiger partial charge in [-0.3, -0.25) is 0 Å². The number of benzene rings is 1. The van der Waals surface area contributed by atoms with Crippen molar-refractivity contribution in [2.75, 3.05) is 0 Å². The van der Waals surface area contributed by atoms with E-state index in [0.717, 1.165) is 18.2 Å². The second kappa shape index (κ2) is 2.53. The fourth-order valence-electron chi connectivity index (χ4n) is 1.12. The third-order valence-electron chi connectivity index (χ3n) is 1.63. The van der Waals surface area contributed by atoms with E-state index in [4.69, 9.17) is 0 Å². The van der Waals surface area contributed by atoms with E-state index in [1.807, 2.05) is 0 Å². The summed E-state index contributed by atoms with van der Waals surface area (Å²) in [6, 6.07) is 2.91. The molecule has 1 aliphatic rings. The quantitative estimate of drug-likeness (QED) is 0.646. The van der Waals surface area contributed by atoms with Gasteiger partial charge in [0, 0.05) is 0 Å². The SMILES string of the molecule is O=S1(=O)OS(=O)(=O)c2c(F)cccc21. The van der Waals surface area contributed by atoms with E-state index >= 15 is 0 Å². The van der Waals surface area contributed by atoms with Crippen molar-refractivity contribution in [1.29, 1.82) is 0 Å². The number of halogens is 1. The number of hydrogen-bond acceptors (Lipinski definition) is 5. The molecule has 1 aliphatic heterocycles. The minimum absolute atomic E-state index is 0.655. The Morgan fingerprint density at radius 2 is 1.71 bits per heavy atom. The Hall–Kier alpha value is -0.990. The molecular weight excluding hydrogens is 235 g/mol. The second-order valence-corrected chi connectivity index (χ2v) is 5.75. The van der Waals surface area contributed by atoms with E-state index in [1.54, 1.807) is 0 Å². The summed E-state index contributed by atoms with van der Waals surface area (Å²) in [5.41, 5.74) is 0. The van der Waals surface area contributed by atoms with Gasteiger partial charge in [0.05, 0.1) is 0 Å². The van der Waals surface area contributed by atoms with Crippen molar-refractivity contribution in [3.63, 3.8) is 0 Å². The molecule has 0 saturated carbocycles. The monoisotopic (exact) mass is 238 g/mol. The highest BCUT2D eigenvalue weighted by molar-refractivity contribution is 8.02. The van der Waals surface area contributed by atoms with E-state index in [2.05, 4.69) is 3.63 Å². The highest BCUT2D eigenvalue weighted by Gasteiger charge is 2.42. The van der Waals surface area contributed by atoms with Crippen LogP contribution in [0.1, 0.15) is 0 Å². The molecule has 0 saturated heterocycles. The van der Waals surface area contributed by atoms with Crippen LogP contribution in [0.15, 0.2) is 28.0 Å². The molecule has 5 nitrogen and oxygen atoms in total. The van der Waals surface area contributed by atoms with Crippen LogP contribution in [0, 0.1) is 5.82 Å². The standard InChI is InChI=1S/C6H3FO5S2/c7-4-2-1-3-5-6(4)14(10,11)12-13(5,8)9/h1-3H. The van der Waals surface area contributed by atoms with E-state index in [1.165, 1.54) is 0 Å². The molecule has 2 rings (SSSR count). The topological polar surface area (TPSA) is 77.5 Å². The lowest BCUT2D eigenvalue weighted by molar-refractivity contribution is 0.473.